The van der Waals surface area contributed by atoms with Crippen LogP contribution in [0.1, 0.15) is 13.8 Å². The van der Waals surface area contributed by atoms with Gasteiger partial charge in [-0.2, -0.15) is 4.72 Å². The zero-order valence-electron chi connectivity index (χ0n) is 10.1. The molecule has 0 heterocycles. The fourth-order valence-electron chi connectivity index (χ4n) is 1.39. The number of nitrogens with one attached hydrogen (secondary N) is 1. The minimum Gasteiger partial charge on any atom is -0.480 e. The number of carboxylic acid groups (broad SMARTS) is 1. The summed E-state index contributed by atoms with van der Waals surface area (Å²) in [6.45, 7) is 3.25. The van der Waals surface area contributed by atoms with Gasteiger partial charge in [0.15, 0.2) is 0 Å². The highest BCUT2D eigenvalue weighted by molar-refractivity contribution is 7.89. The molecule has 1 rings (SSSR count). The van der Waals surface area contributed by atoms with Gasteiger partial charge in [-0.3, -0.25) is 4.79 Å². The molecule has 0 fully saturated rings. The quantitative estimate of drug-likeness (QED) is 0.682. The fourth-order valence-corrected chi connectivity index (χ4v) is 2.78. The van der Waals surface area contributed by atoms with Crippen LogP contribution in [0.15, 0.2) is 29.2 Å². The molecule has 0 bridgehead atoms. The molecular weight excluding hydrogens is 256 g/mol. The second-order valence-corrected chi connectivity index (χ2v) is 5.97. The van der Waals surface area contributed by atoms with E-state index < -0.39 is 22.0 Å². The smallest absolute Gasteiger partial charge is 0.322 e. The lowest BCUT2D eigenvalue weighted by Gasteiger charge is -2.18. The van der Waals surface area contributed by atoms with E-state index >= 15 is 0 Å². The minimum atomic E-state index is -3.88. The molecule has 0 radical (unpaired) electrons. The van der Waals surface area contributed by atoms with Crippen LogP contribution in [-0.4, -0.2) is 25.5 Å². The van der Waals surface area contributed by atoms with E-state index in [1.54, 1.807) is 19.9 Å². The average molecular weight is 272 g/mol. The van der Waals surface area contributed by atoms with Gasteiger partial charge in [0.05, 0.1) is 4.90 Å². The lowest BCUT2D eigenvalue weighted by atomic mass is 10.1. The molecule has 1 aromatic rings. The number of nitrogen functional groups attached to an aromatic ring is 1. The standard InChI is InChI=1S/C11H16N2O4S/c1-7(2)10(11(14)15)13-18(16,17)9-5-3-4-8(12)6-9/h3-7,10,13H,12H2,1-2H3,(H,14,15)/t10-/m1/s1. The molecular formula is C11H16N2O4S. The number of carboxylic acids is 1. The molecule has 0 aliphatic rings. The molecule has 100 valence electrons. The first kappa shape index (κ1) is 14.5. The molecule has 0 spiro atoms. The van der Waals surface area contributed by atoms with E-state index in [1.165, 1.54) is 18.2 Å². The van der Waals surface area contributed by atoms with Gasteiger partial charge in [-0.25, -0.2) is 8.42 Å². The van der Waals surface area contributed by atoms with E-state index in [0.29, 0.717) is 5.69 Å². The van der Waals surface area contributed by atoms with Gasteiger partial charge in [-0.05, 0) is 24.1 Å². The van der Waals surface area contributed by atoms with Gasteiger partial charge < -0.3 is 10.8 Å². The Labute approximate surface area is 106 Å². The van der Waals surface area contributed by atoms with Crippen LogP contribution in [0.3, 0.4) is 0 Å². The van der Waals surface area contributed by atoms with Crippen molar-refractivity contribution >= 4 is 21.7 Å². The average Bonchev–Trinajstić information content (AvgIpc) is 2.25. The molecule has 6 nitrogen and oxygen atoms in total. The first-order chi connectivity index (χ1) is 8.24. The van der Waals surface area contributed by atoms with Crippen molar-refractivity contribution in [3.05, 3.63) is 24.3 Å². The third-order valence-electron chi connectivity index (χ3n) is 2.38. The number of hydrogen-bond acceptors (Lipinski definition) is 4. The zero-order chi connectivity index (χ0) is 13.9. The zero-order valence-corrected chi connectivity index (χ0v) is 10.9. The maximum Gasteiger partial charge on any atom is 0.322 e. The Bertz CT molecular complexity index is 540. The van der Waals surface area contributed by atoms with Gasteiger partial charge >= 0.3 is 5.97 Å². The molecule has 1 atom stereocenters. The minimum absolute atomic E-state index is 0.0469. The monoisotopic (exact) mass is 272 g/mol. The largest absolute Gasteiger partial charge is 0.480 e. The summed E-state index contributed by atoms with van der Waals surface area (Å²) in [5.41, 5.74) is 5.80. The summed E-state index contributed by atoms with van der Waals surface area (Å²) in [6.07, 6.45) is 0. The maximum absolute atomic E-state index is 12.0. The van der Waals surface area contributed by atoms with Gasteiger partial charge in [0.1, 0.15) is 6.04 Å². The van der Waals surface area contributed by atoms with E-state index in [-0.39, 0.29) is 10.8 Å². The van der Waals surface area contributed by atoms with Gasteiger partial charge in [-0.15, -0.1) is 0 Å². The van der Waals surface area contributed by atoms with Crippen LogP contribution in [0.5, 0.6) is 0 Å². The third kappa shape index (κ3) is 3.44. The molecule has 0 saturated carbocycles. The van der Waals surface area contributed by atoms with Crippen molar-refractivity contribution in [2.75, 3.05) is 5.73 Å². The Morgan fingerprint density at radius 2 is 2.00 bits per heavy atom. The summed E-state index contributed by atoms with van der Waals surface area (Å²) >= 11 is 0. The highest BCUT2D eigenvalue weighted by atomic mass is 32.2. The number of hydrogen-bond donors (Lipinski definition) is 3. The third-order valence-corrected chi connectivity index (χ3v) is 3.82. The van der Waals surface area contributed by atoms with Crippen LogP contribution in [0.2, 0.25) is 0 Å². The van der Waals surface area contributed by atoms with Crippen LogP contribution in [0, 0.1) is 5.92 Å². The first-order valence-electron chi connectivity index (χ1n) is 5.34. The topological polar surface area (TPSA) is 109 Å². The summed E-state index contributed by atoms with van der Waals surface area (Å²) in [5, 5.41) is 8.96. The lowest BCUT2D eigenvalue weighted by molar-refractivity contribution is -0.140. The van der Waals surface area contributed by atoms with Gasteiger partial charge in [0.2, 0.25) is 10.0 Å². The summed E-state index contributed by atoms with van der Waals surface area (Å²) in [6, 6.07) is 4.52. The number of aliphatic carboxylic acids is 1. The molecule has 0 amide bonds. The summed E-state index contributed by atoms with van der Waals surface area (Å²) in [4.78, 5) is 10.9. The van der Waals surface area contributed by atoms with Crippen molar-refractivity contribution in [3.8, 4) is 0 Å². The summed E-state index contributed by atoms with van der Waals surface area (Å²) in [7, 11) is -3.88. The van der Waals surface area contributed by atoms with Crippen molar-refractivity contribution in [1.29, 1.82) is 0 Å². The molecule has 0 saturated heterocycles. The van der Waals surface area contributed by atoms with E-state index in [9.17, 15) is 13.2 Å². The van der Waals surface area contributed by atoms with Crippen molar-refractivity contribution in [2.24, 2.45) is 5.92 Å². The summed E-state index contributed by atoms with van der Waals surface area (Å²) in [5.74, 6) is -1.57. The number of nitrogens with two attached hydrogens (primary N) is 1. The number of anilines is 1. The molecule has 18 heavy (non-hydrogen) atoms. The number of carbonyl (C=O) groups is 1. The molecule has 0 aliphatic heterocycles. The fraction of sp³-hybridized carbons (Fsp3) is 0.364. The molecule has 7 heteroatoms. The Kier molecular flexibility index (Phi) is 4.31. The van der Waals surface area contributed by atoms with Crippen LogP contribution < -0.4 is 10.5 Å². The highest BCUT2D eigenvalue weighted by Gasteiger charge is 2.27. The van der Waals surface area contributed by atoms with Crippen LogP contribution >= 0.6 is 0 Å². The number of rotatable bonds is 5. The first-order valence-corrected chi connectivity index (χ1v) is 6.83. The van der Waals surface area contributed by atoms with Crippen LogP contribution in [0.4, 0.5) is 5.69 Å². The Morgan fingerprint density at radius 1 is 1.39 bits per heavy atom. The second kappa shape index (κ2) is 5.36. The van der Waals surface area contributed by atoms with E-state index in [1.807, 2.05) is 0 Å². The number of sulfonamides is 1. The Morgan fingerprint density at radius 3 is 2.44 bits per heavy atom. The molecule has 4 N–H and O–H groups in total. The normalized spacial score (nSPS) is 13.5. The van der Waals surface area contributed by atoms with E-state index in [4.69, 9.17) is 10.8 Å². The lowest BCUT2D eigenvalue weighted by Crippen LogP contribution is -2.44. The van der Waals surface area contributed by atoms with E-state index in [0.717, 1.165) is 0 Å². The van der Waals surface area contributed by atoms with Gasteiger partial charge in [0.25, 0.3) is 0 Å². The highest BCUT2D eigenvalue weighted by Crippen LogP contribution is 2.14. The summed E-state index contributed by atoms with van der Waals surface area (Å²) < 4.78 is 26.1. The van der Waals surface area contributed by atoms with Crippen LogP contribution in [0.25, 0.3) is 0 Å². The van der Waals surface area contributed by atoms with Crippen LogP contribution in [-0.2, 0) is 14.8 Å². The van der Waals surface area contributed by atoms with Crippen molar-refractivity contribution in [2.45, 2.75) is 24.8 Å². The maximum atomic E-state index is 12.0. The van der Waals surface area contributed by atoms with Gasteiger partial charge in [0, 0.05) is 5.69 Å². The molecule has 0 aromatic heterocycles. The number of benzene rings is 1. The van der Waals surface area contributed by atoms with Crippen molar-refractivity contribution < 1.29 is 18.3 Å². The van der Waals surface area contributed by atoms with Gasteiger partial charge in [-0.1, -0.05) is 19.9 Å². The molecule has 0 aliphatic carbocycles. The predicted molar refractivity (Wildman–Crippen MR) is 67.4 cm³/mol. The predicted octanol–water partition coefficient (Wildman–Crippen LogP) is 0.656. The molecule has 0 unspecified atom stereocenters. The Hall–Kier alpha value is -1.60. The second-order valence-electron chi connectivity index (χ2n) is 4.25. The Balaban J connectivity index is 3.05. The van der Waals surface area contributed by atoms with E-state index in [2.05, 4.69) is 4.72 Å². The van der Waals surface area contributed by atoms with Crippen molar-refractivity contribution in [3.63, 3.8) is 0 Å². The molecule has 1 aromatic carbocycles. The van der Waals surface area contributed by atoms with Crippen molar-refractivity contribution in [1.82, 2.24) is 4.72 Å². The SMILES string of the molecule is CC(C)[C@@H](NS(=O)(=O)c1cccc(N)c1)C(=O)O.